The number of hydrogen-bond donors (Lipinski definition) is 1. The molecule has 0 unspecified atom stereocenters. The SMILES string of the molecule is CC1(C)C(c2cn[nH]c2)=Nc2ccccc21. The topological polar surface area (TPSA) is 41.0 Å². The molecule has 0 spiro atoms. The molecule has 0 saturated carbocycles. The molecular formula is C13H13N3. The van der Waals surface area contributed by atoms with Crippen LogP contribution in [0.2, 0.25) is 0 Å². The summed E-state index contributed by atoms with van der Waals surface area (Å²) in [6.07, 6.45) is 3.72. The summed E-state index contributed by atoms with van der Waals surface area (Å²) >= 11 is 0. The highest BCUT2D eigenvalue weighted by Gasteiger charge is 2.35. The van der Waals surface area contributed by atoms with Crippen molar-refractivity contribution in [3.05, 3.63) is 47.8 Å². The quantitative estimate of drug-likeness (QED) is 0.774. The van der Waals surface area contributed by atoms with Crippen LogP contribution in [0.3, 0.4) is 0 Å². The van der Waals surface area contributed by atoms with Gasteiger partial charge in [-0.3, -0.25) is 10.1 Å². The maximum Gasteiger partial charge on any atom is 0.0675 e. The summed E-state index contributed by atoms with van der Waals surface area (Å²) in [5.41, 5.74) is 4.47. The fourth-order valence-corrected chi connectivity index (χ4v) is 2.29. The maximum atomic E-state index is 4.70. The van der Waals surface area contributed by atoms with Crippen LogP contribution in [0, 0.1) is 0 Å². The predicted octanol–water partition coefficient (Wildman–Crippen LogP) is 2.82. The van der Waals surface area contributed by atoms with Gasteiger partial charge in [0.1, 0.15) is 0 Å². The molecule has 0 bridgehead atoms. The zero-order chi connectivity index (χ0) is 11.2. The van der Waals surface area contributed by atoms with E-state index in [4.69, 9.17) is 4.99 Å². The number of benzene rings is 1. The number of aliphatic imine (C=N–C) groups is 1. The van der Waals surface area contributed by atoms with Crippen LogP contribution < -0.4 is 0 Å². The van der Waals surface area contributed by atoms with Crippen molar-refractivity contribution in [2.75, 3.05) is 0 Å². The second-order valence-electron chi connectivity index (χ2n) is 4.59. The zero-order valence-corrected chi connectivity index (χ0v) is 9.36. The minimum Gasteiger partial charge on any atom is -0.285 e. The largest absolute Gasteiger partial charge is 0.285 e. The summed E-state index contributed by atoms with van der Waals surface area (Å²) in [5, 5.41) is 6.83. The van der Waals surface area contributed by atoms with Crippen molar-refractivity contribution >= 4 is 11.4 Å². The van der Waals surface area contributed by atoms with Gasteiger partial charge in [-0.2, -0.15) is 5.10 Å². The summed E-state index contributed by atoms with van der Waals surface area (Å²) in [5.74, 6) is 0. The van der Waals surface area contributed by atoms with Crippen molar-refractivity contribution in [1.29, 1.82) is 0 Å². The van der Waals surface area contributed by atoms with E-state index in [-0.39, 0.29) is 5.41 Å². The molecule has 16 heavy (non-hydrogen) atoms. The lowest BCUT2D eigenvalue weighted by atomic mass is 9.80. The molecule has 3 rings (SSSR count). The molecule has 3 nitrogen and oxygen atoms in total. The van der Waals surface area contributed by atoms with Crippen LogP contribution in [0.5, 0.6) is 0 Å². The van der Waals surface area contributed by atoms with Crippen molar-refractivity contribution < 1.29 is 0 Å². The third-order valence-electron chi connectivity index (χ3n) is 3.17. The van der Waals surface area contributed by atoms with Crippen LogP contribution in [0.25, 0.3) is 0 Å². The van der Waals surface area contributed by atoms with Crippen molar-refractivity contribution in [2.45, 2.75) is 19.3 Å². The Bertz CT molecular complexity index is 550. The Labute approximate surface area is 94.2 Å². The first-order valence-corrected chi connectivity index (χ1v) is 5.37. The van der Waals surface area contributed by atoms with Gasteiger partial charge in [0.25, 0.3) is 0 Å². The number of H-pyrrole nitrogens is 1. The van der Waals surface area contributed by atoms with Crippen LogP contribution in [0.1, 0.15) is 25.0 Å². The summed E-state index contributed by atoms with van der Waals surface area (Å²) in [4.78, 5) is 4.70. The average molecular weight is 211 g/mol. The minimum atomic E-state index is -0.0412. The van der Waals surface area contributed by atoms with Crippen LogP contribution in [-0.4, -0.2) is 15.9 Å². The molecule has 80 valence electrons. The van der Waals surface area contributed by atoms with Crippen LogP contribution >= 0.6 is 0 Å². The molecule has 2 heterocycles. The van der Waals surface area contributed by atoms with Gasteiger partial charge in [-0.1, -0.05) is 32.0 Å². The molecule has 0 fully saturated rings. The first-order chi connectivity index (χ1) is 7.69. The maximum absolute atomic E-state index is 4.70. The van der Waals surface area contributed by atoms with E-state index in [2.05, 4.69) is 42.2 Å². The first kappa shape index (κ1) is 9.33. The number of aromatic nitrogens is 2. The van der Waals surface area contributed by atoms with Gasteiger partial charge in [-0.05, 0) is 11.6 Å². The van der Waals surface area contributed by atoms with Crippen molar-refractivity contribution in [3.63, 3.8) is 0 Å². The smallest absolute Gasteiger partial charge is 0.0675 e. The zero-order valence-electron chi connectivity index (χ0n) is 9.36. The Morgan fingerprint density at radius 3 is 2.69 bits per heavy atom. The van der Waals surface area contributed by atoms with Gasteiger partial charge in [-0.15, -0.1) is 0 Å². The number of aromatic amines is 1. The molecular weight excluding hydrogens is 198 g/mol. The second-order valence-corrected chi connectivity index (χ2v) is 4.59. The molecule has 1 aliphatic rings. The minimum absolute atomic E-state index is 0.0412. The molecule has 2 aromatic rings. The molecule has 1 N–H and O–H groups in total. The van der Waals surface area contributed by atoms with Gasteiger partial charge < -0.3 is 0 Å². The summed E-state index contributed by atoms with van der Waals surface area (Å²) < 4.78 is 0. The number of nitrogens with zero attached hydrogens (tertiary/aromatic N) is 2. The Balaban J connectivity index is 2.19. The fourth-order valence-electron chi connectivity index (χ4n) is 2.29. The van der Waals surface area contributed by atoms with E-state index >= 15 is 0 Å². The monoisotopic (exact) mass is 211 g/mol. The van der Waals surface area contributed by atoms with E-state index in [0.29, 0.717) is 0 Å². The molecule has 0 radical (unpaired) electrons. The first-order valence-electron chi connectivity index (χ1n) is 5.37. The molecule has 1 aliphatic heterocycles. The summed E-state index contributed by atoms with van der Waals surface area (Å²) in [7, 11) is 0. The van der Waals surface area contributed by atoms with E-state index in [0.717, 1.165) is 17.0 Å². The van der Waals surface area contributed by atoms with Gasteiger partial charge in [0.05, 0.1) is 17.6 Å². The van der Waals surface area contributed by atoms with Gasteiger partial charge in [0, 0.05) is 17.2 Å². The molecule has 0 atom stereocenters. The Hall–Kier alpha value is -1.90. The van der Waals surface area contributed by atoms with E-state index in [1.807, 2.05) is 18.5 Å². The number of hydrogen-bond acceptors (Lipinski definition) is 2. The highest BCUT2D eigenvalue weighted by molar-refractivity contribution is 6.11. The van der Waals surface area contributed by atoms with E-state index in [9.17, 15) is 0 Å². The van der Waals surface area contributed by atoms with Gasteiger partial charge in [0.2, 0.25) is 0 Å². The predicted molar refractivity (Wildman–Crippen MR) is 64.3 cm³/mol. The fraction of sp³-hybridized carbons (Fsp3) is 0.231. The van der Waals surface area contributed by atoms with E-state index < -0.39 is 0 Å². The lowest BCUT2D eigenvalue weighted by molar-refractivity contribution is 0.737. The van der Waals surface area contributed by atoms with Crippen molar-refractivity contribution in [2.24, 2.45) is 4.99 Å². The Kier molecular flexibility index (Phi) is 1.78. The van der Waals surface area contributed by atoms with Crippen molar-refractivity contribution in [3.8, 4) is 0 Å². The van der Waals surface area contributed by atoms with Gasteiger partial charge >= 0.3 is 0 Å². The molecule has 1 aromatic heterocycles. The third-order valence-corrected chi connectivity index (χ3v) is 3.17. The summed E-state index contributed by atoms with van der Waals surface area (Å²) in [6.45, 7) is 4.40. The standard InChI is InChI=1S/C13H13N3/c1-13(2)10-5-3-4-6-11(10)16-12(13)9-7-14-15-8-9/h3-8H,1-2H3,(H,14,15). The number of nitrogens with one attached hydrogen (secondary N) is 1. The molecule has 0 amide bonds. The number of para-hydroxylation sites is 1. The van der Waals surface area contributed by atoms with E-state index in [1.54, 1.807) is 0 Å². The molecule has 0 saturated heterocycles. The molecule has 3 heteroatoms. The lowest BCUT2D eigenvalue weighted by Crippen LogP contribution is -2.25. The van der Waals surface area contributed by atoms with Crippen molar-refractivity contribution in [1.82, 2.24) is 10.2 Å². The highest BCUT2D eigenvalue weighted by Crippen LogP contribution is 2.41. The molecule has 0 aliphatic carbocycles. The van der Waals surface area contributed by atoms with Crippen LogP contribution in [-0.2, 0) is 5.41 Å². The van der Waals surface area contributed by atoms with Crippen LogP contribution in [0.4, 0.5) is 5.69 Å². The van der Waals surface area contributed by atoms with Crippen LogP contribution in [0.15, 0.2) is 41.7 Å². The highest BCUT2D eigenvalue weighted by atomic mass is 15.1. The average Bonchev–Trinajstić information content (AvgIpc) is 2.86. The third kappa shape index (κ3) is 1.14. The Morgan fingerprint density at radius 2 is 2.00 bits per heavy atom. The second kappa shape index (κ2) is 3.04. The Morgan fingerprint density at radius 1 is 1.19 bits per heavy atom. The summed E-state index contributed by atoms with van der Waals surface area (Å²) in [6, 6.07) is 8.29. The van der Waals surface area contributed by atoms with E-state index in [1.165, 1.54) is 5.56 Å². The number of rotatable bonds is 1. The number of fused-ring (bicyclic) bond motifs is 1. The lowest BCUT2D eigenvalue weighted by Gasteiger charge is -2.21. The van der Waals surface area contributed by atoms with Gasteiger partial charge in [0.15, 0.2) is 0 Å². The normalized spacial score (nSPS) is 17.0. The van der Waals surface area contributed by atoms with Gasteiger partial charge in [-0.25, -0.2) is 0 Å². The molecule has 1 aromatic carbocycles.